The first kappa shape index (κ1) is 18.9. The van der Waals surface area contributed by atoms with Gasteiger partial charge in [0.25, 0.3) is 0 Å². The van der Waals surface area contributed by atoms with Gasteiger partial charge >= 0.3 is 6.09 Å². The number of nitrogens with one attached hydrogen (secondary N) is 2. The standard InChI is InChI=1S/C26H26N2O2/c29-26(28-25-12-6-5-7-19(25)18-13-15-27-16-14-18)30-17-24-22-10-3-1-8-20(22)21-9-2-4-11-23(21)24/h1-12,18,24,27H,13-17H2,(H,28,29). The number of para-hydroxylation sites is 1. The van der Waals surface area contributed by atoms with Crippen molar-refractivity contribution >= 4 is 11.8 Å². The lowest BCUT2D eigenvalue weighted by molar-refractivity contribution is 0.158. The fraction of sp³-hybridized carbons (Fsp3) is 0.269. The monoisotopic (exact) mass is 398 g/mol. The molecule has 152 valence electrons. The maximum Gasteiger partial charge on any atom is 0.411 e. The Hall–Kier alpha value is -3.11. The molecule has 30 heavy (non-hydrogen) atoms. The molecule has 1 fully saturated rings. The van der Waals surface area contributed by atoms with Crippen LogP contribution >= 0.6 is 0 Å². The van der Waals surface area contributed by atoms with E-state index in [-0.39, 0.29) is 5.92 Å². The summed E-state index contributed by atoms with van der Waals surface area (Å²) in [6.45, 7) is 2.36. The summed E-state index contributed by atoms with van der Waals surface area (Å²) in [5.41, 5.74) is 6.98. The first-order valence-electron chi connectivity index (χ1n) is 10.7. The van der Waals surface area contributed by atoms with Crippen LogP contribution < -0.4 is 10.6 Å². The molecule has 3 aromatic rings. The van der Waals surface area contributed by atoms with Crippen molar-refractivity contribution in [2.45, 2.75) is 24.7 Å². The highest BCUT2D eigenvalue weighted by atomic mass is 16.5. The third kappa shape index (κ3) is 3.59. The van der Waals surface area contributed by atoms with Gasteiger partial charge in [0.1, 0.15) is 6.61 Å². The molecular formula is C26H26N2O2. The van der Waals surface area contributed by atoms with Gasteiger partial charge in [0.05, 0.1) is 0 Å². The molecule has 3 aromatic carbocycles. The van der Waals surface area contributed by atoms with Crippen LogP contribution in [0.25, 0.3) is 11.1 Å². The first-order chi connectivity index (χ1) is 14.8. The number of amides is 1. The Balaban J connectivity index is 1.30. The third-order valence-electron chi connectivity index (χ3n) is 6.32. The van der Waals surface area contributed by atoms with Gasteiger partial charge in [-0.2, -0.15) is 0 Å². The van der Waals surface area contributed by atoms with E-state index in [1.165, 1.54) is 27.8 Å². The van der Waals surface area contributed by atoms with E-state index >= 15 is 0 Å². The second-order valence-electron chi connectivity index (χ2n) is 8.06. The van der Waals surface area contributed by atoms with Crippen LogP contribution in [-0.2, 0) is 4.74 Å². The minimum absolute atomic E-state index is 0.0720. The van der Waals surface area contributed by atoms with Crippen LogP contribution in [0, 0.1) is 0 Å². The summed E-state index contributed by atoms with van der Waals surface area (Å²) in [5, 5.41) is 6.40. The number of benzene rings is 3. The van der Waals surface area contributed by atoms with Crippen LogP contribution in [0.1, 0.15) is 41.4 Å². The molecule has 0 aromatic heterocycles. The van der Waals surface area contributed by atoms with Crippen LogP contribution in [-0.4, -0.2) is 25.8 Å². The number of ether oxygens (including phenoxy) is 1. The van der Waals surface area contributed by atoms with Crippen molar-refractivity contribution in [1.29, 1.82) is 0 Å². The van der Waals surface area contributed by atoms with E-state index in [4.69, 9.17) is 4.74 Å². The number of hydrogen-bond donors (Lipinski definition) is 2. The number of hydrogen-bond acceptors (Lipinski definition) is 3. The van der Waals surface area contributed by atoms with Crippen molar-refractivity contribution < 1.29 is 9.53 Å². The molecule has 0 radical (unpaired) electrons. The predicted molar refractivity (Wildman–Crippen MR) is 120 cm³/mol. The Morgan fingerprint density at radius 1 is 0.833 bits per heavy atom. The number of fused-ring (bicyclic) bond motifs is 3. The molecule has 0 bridgehead atoms. The van der Waals surface area contributed by atoms with Gasteiger partial charge in [0.15, 0.2) is 0 Å². The first-order valence-corrected chi connectivity index (χ1v) is 10.7. The van der Waals surface area contributed by atoms with Crippen LogP contribution in [0.3, 0.4) is 0 Å². The largest absolute Gasteiger partial charge is 0.448 e. The van der Waals surface area contributed by atoms with Gasteiger partial charge in [-0.15, -0.1) is 0 Å². The number of anilines is 1. The van der Waals surface area contributed by atoms with Gasteiger partial charge in [-0.3, -0.25) is 5.32 Å². The molecule has 0 spiro atoms. The summed E-state index contributed by atoms with van der Waals surface area (Å²) in [5.74, 6) is 0.541. The maximum absolute atomic E-state index is 12.7. The van der Waals surface area contributed by atoms with Crippen LogP contribution in [0.2, 0.25) is 0 Å². The van der Waals surface area contributed by atoms with E-state index in [1.54, 1.807) is 0 Å². The molecular weight excluding hydrogens is 372 g/mol. The minimum atomic E-state index is -0.391. The molecule has 1 aliphatic heterocycles. The van der Waals surface area contributed by atoms with Gasteiger partial charge in [-0.05, 0) is 65.7 Å². The van der Waals surface area contributed by atoms with Crippen molar-refractivity contribution in [3.8, 4) is 11.1 Å². The number of carbonyl (C=O) groups excluding carboxylic acids is 1. The summed E-state index contributed by atoms with van der Waals surface area (Å²) in [4.78, 5) is 12.7. The zero-order valence-corrected chi connectivity index (χ0v) is 16.9. The quantitative estimate of drug-likeness (QED) is 0.609. The fourth-order valence-electron chi connectivity index (χ4n) is 4.84. The summed E-state index contributed by atoms with van der Waals surface area (Å²) < 4.78 is 5.72. The lowest BCUT2D eigenvalue weighted by Crippen LogP contribution is -2.27. The van der Waals surface area contributed by atoms with Crippen molar-refractivity contribution in [3.05, 3.63) is 89.5 Å². The molecule has 2 N–H and O–H groups in total. The zero-order chi connectivity index (χ0) is 20.3. The Morgan fingerprint density at radius 2 is 1.40 bits per heavy atom. The number of piperidine rings is 1. The van der Waals surface area contributed by atoms with E-state index in [0.717, 1.165) is 31.6 Å². The smallest absolute Gasteiger partial charge is 0.411 e. The second-order valence-corrected chi connectivity index (χ2v) is 8.06. The van der Waals surface area contributed by atoms with Gasteiger partial charge in [0, 0.05) is 11.6 Å². The molecule has 2 aliphatic rings. The van der Waals surface area contributed by atoms with Crippen molar-refractivity contribution in [2.24, 2.45) is 0 Å². The number of carbonyl (C=O) groups is 1. The Kier molecular flexibility index (Phi) is 5.24. The van der Waals surface area contributed by atoms with E-state index in [1.807, 2.05) is 30.3 Å². The minimum Gasteiger partial charge on any atom is -0.448 e. The molecule has 1 heterocycles. The Morgan fingerprint density at radius 3 is 2.07 bits per heavy atom. The molecule has 0 saturated carbocycles. The lowest BCUT2D eigenvalue weighted by atomic mass is 9.89. The molecule has 5 rings (SSSR count). The van der Waals surface area contributed by atoms with Crippen LogP contribution in [0.15, 0.2) is 72.8 Å². The third-order valence-corrected chi connectivity index (χ3v) is 6.32. The van der Waals surface area contributed by atoms with E-state index in [2.05, 4.69) is 53.1 Å². The average molecular weight is 399 g/mol. The SMILES string of the molecule is O=C(Nc1ccccc1C1CCNCC1)OCC1c2ccccc2-c2ccccc21. The topological polar surface area (TPSA) is 50.4 Å². The average Bonchev–Trinajstić information content (AvgIpc) is 3.12. The molecule has 1 saturated heterocycles. The second kappa shape index (κ2) is 8.33. The predicted octanol–water partition coefficient (Wildman–Crippen LogP) is 5.51. The van der Waals surface area contributed by atoms with E-state index in [0.29, 0.717) is 12.5 Å². The van der Waals surface area contributed by atoms with E-state index < -0.39 is 6.09 Å². The van der Waals surface area contributed by atoms with Crippen molar-refractivity contribution in [2.75, 3.05) is 25.0 Å². The van der Waals surface area contributed by atoms with Gasteiger partial charge in [-0.25, -0.2) is 4.79 Å². The summed E-state index contributed by atoms with van der Waals surface area (Å²) in [7, 11) is 0. The molecule has 1 aliphatic carbocycles. The summed E-state index contributed by atoms with van der Waals surface area (Å²) in [6, 6.07) is 24.9. The Labute approximate surface area is 177 Å². The molecule has 1 amide bonds. The maximum atomic E-state index is 12.7. The summed E-state index contributed by atoms with van der Waals surface area (Å²) >= 11 is 0. The highest BCUT2D eigenvalue weighted by Gasteiger charge is 2.29. The lowest BCUT2D eigenvalue weighted by Gasteiger charge is -2.25. The highest BCUT2D eigenvalue weighted by molar-refractivity contribution is 5.86. The van der Waals surface area contributed by atoms with Gasteiger partial charge in [-0.1, -0.05) is 66.7 Å². The van der Waals surface area contributed by atoms with Crippen molar-refractivity contribution in [1.82, 2.24) is 5.32 Å². The van der Waals surface area contributed by atoms with Gasteiger partial charge in [0.2, 0.25) is 0 Å². The van der Waals surface area contributed by atoms with Gasteiger partial charge < -0.3 is 10.1 Å². The molecule has 0 atom stereocenters. The highest BCUT2D eigenvalue weighted by Crippen LogP contribution is 2.44. The zero-order valence-electron chi connectivity index (χ0n) is 16.9. The van der Waals surface area contributed by atoms with E-state index in [9.17, 15) is 4.79 Å². The number of rotatable bonds is 4. The Bertz CT molecular complexity index is 1010. The van der Waals surface area contributed by atoms with Crippen molar-refractivity contribution in [3.63, 3.8) is 0 Å². The molecule has 4 heteroatoms. The molecule has 4 nitrogen and oxygen atoms in total. The fourth-order valence-corrected chi connectivity index (χ4v) is 4.84. The molecule has 0 unspecified atom stereocenters. The van der Waals surface area contributed by atoms with Crippen LogP contribution in [0.5, 0.6) is 0 Å². The summed E-state index contributed by atoms with van der Waals surface area (Å²) in [6.07, 6.45) is 1.78. The normalized spacial score (nSPS) is 16.0. The van der Waals surface area contributed by atoms with Crippen LogP contribution in [0.4, 0.5) is 10.5 Å².